The van der Waals surface area contributed by atoms with Crippen LogP contribution in [0, 0.1) is 6.92 Å². The van der Waals surface area contributed by atoms with Gasteiger partial charge in [-0.1, -0.05) is 98.5 Å². The molecule has 1 aliphatic rings. The lowest BCUT2D eigenvalue weighted by Crippen LogP contribution is -2.53. The van der Waals surface area contributed by atoms with Gasteiger partial charge in [0.05, 0.1) is 0 Å². The van der Waals surface area contributed by atoms with E-state index in [0.717, 1.165) is 48.8 Å². The minimum Gasteiger partial charge on any atom is -0.484 e. The van der Waals surface area contributed by atoms with Crippen LogP contribution in [0.3, 0.4) is 0 Å². The molecule has 4 rings (SSSR count). The fourth-order valence-electron chi connectivity index (χ4n) is 5.15. The van der Waals surface area contributed by atoms with E-state index in [1.165, 1.54) is 12.0 Å². The van der Waals surface area contributed by atoms with Gasteiger partial charge in [-0.25, -0.2) is 0 Å². The van der Waals surface area contributed by atoms with Gasteiger partial charge >= 0.3 is 0 Å². The summed E-state index contributed by atoms with van der Waals surface area (Å²) >= 11 is 0. The smallest absolute Gasteiger partial charge is 0.261 e. The number of ether oxygens (including phenoxy) is 1. The zero-order valence-corrected chi connectivity index (χ0v) is 22.7. The summed E-state index contributed by atoms with van der Waals surface area (Å²) < 4.78 is 5.92. The van der Waals surface area contributed by atoms with Gasteiger partial charge in [0.15, 0.2) is 6.61 Å². The molecule has 5 heteroatoms. The summed E-state index contributed by atoms with van der Waals surface area (Å²) in [4.78, 5) is 29.3. The SMILES string of the molecule is CCc1ccc(OCC(=O)N(Cc2cccc(C)c2)[C@@H](Cc2ccccc2)C(=O)NC2CCCCC2)cc1. The molecule has 1 saturated carbocycles. The van der Waals surface area contributed by atoms with Crippen molar-refractivity contribution in [2.45, 2.75) is 77.4 Å². The predicted molar refractivity (Wildman–Crippen MR) is 152 cm³/mol. The van der Waals surface area contributed by atoms with Crippen molar-refractivity contribution in [3.63, 3.8) is 0 Å². The first-order valence-corrected chi connectivity index (χ1v) is 13.9. The van der Waals surface area contributed by atoms with E-state index in [1.54, 1.807) is 4.90 Å². The Kier molecular flexibility index (Phi) is 9.97. The summed E-state index contributed by atoms with van der Waals surface area (Å²) in [6, 6.07) is 25.4. The van der Waals surface area contributed by atoms with Crippen LogP contribution in [0.1, 0.15) is 61.3 Å². The molecular weight excluding hydrogens is 472 g/mol. The van der Waals surface area contributed by atoms with Gasteiger partial charge in [0, 0.05) is 19.0 Å². The summed E-state index contributed by atoms with van der Waals surface area (Å²) in [6.45, 7) is 4.36. The number of carbonyl (C=O) groups is 2. The third-order valence-electron chi connectivity index (χ3n) is 7.35. The monoisotopic (exact) mass is 512 g/mol. The largest absolute Gasteiger partial charge is 0.484 e. The second kappa shape index (κ2) is 13.8. The molecule has 200 valence electrons. The fourth-order valence-corrected chi connectivity index (χ4v) is 5.15. The van der Waals surface area contributed by atoms with Gasteiger partial charge in [0.2, 0.25) is 5.91 Å². The van der Waals surface area contributed by atoms with Crippen LogP contribution in [-0.4, -0.2) is 35.4 Å². The Morgan fingerprint density at radius 1 is 0.895 bits per heavy atom. The first-order chi connectivity index (χ1) is 18.5. The van der Waals surface area contributed by atoms with Crippen LogP contribution in [0.15, 0.2) is 78.9 Å². The topological polar surface area (TPSA) is 58.6 Å². The number of hydrogen-bond acceptors (Lipinski definition) is 3. The molecule has 1 fully saturated rings. The molecule has 2 amide bonds. The van der Waals surface area contributed by atoms with Gasteiger partial charge in [-0.3, -0.25) is 9.59 Å². The lowest BCUT2D eigenvalue weighted by molar-refractivity contribution is -0.143. The van der Waals surface area contributed by atoms with E-state index in [-0.39, 0.29) is 24.5 Å². The summed E-state index contributed by atoms with van der Waals surface area (Å²) in [7, 11) is 0. The second-order valence-electron chi connectivity index (χ2n) is 10.3. The number of nitrogens with one attached hydrogen (secondary N) is 1. The lowest BCUT2D eigenvalue weighted by Gasteiger charge is -2.33. The van der Waals surface area contributed by atoms with E-state index in [4.69, 9.17) is 4.74 Å². The van der Waals surface area contributed by atoms with Crippen LogP contribution in [-0.2, 0) is 29.0 Å². The summed E-state index contributed by atoms with van der Waals surface area (Å²) in [5.41, 5.74) is 4.35. The molecule has 0 unspecified atom stereocenters. The Hall–Kier alpha value is -3.60. The minimum atomic E-state index is -0.640. The Bertz CT molecular complexity index is 1170. The van der Waals surface area contributed by atoms with Crippen molar-refractivity contribution in [2.24, 2.45) is 0 Å². The third kappa shape index (κ3) is 7.95. The van der Waals surface area contributed by atoms with Crippen LogP contribution in [0.2, 0.25) is 0 Å². The molecule has 0 radical (unpaired) electrons. The van der Waals surface area contributed by atoms with Gasteiger partial charge in [-0.2, -0.15) is 0 Å². The standard InChI is InChI=1S/C33H40N2O3/c1-3-26-17-19-30(20-18-26)38-24-32(36)35(23-28-14-10-11-25(2)21-28)31(22-27-12-6-4-7-13-27)33(37)34-29-15-8-5-9-16-29/h4,6-7,10-14,17-21,29,31H,3,5,8-9,15-16,22-24H2,1-2H3,(H,34,37)/t31-/m0/s1. The minimum absolute atomic E-state index is 0.0888. The molecule has 1 aliphatic carbocycles. The molecule has 3 aromatic rings. The Morgan fingerprint density at radius 3 is 2.29 bits per heavy atom. The number of rotatable bonds is 11. The van der Waals surface area contributed by atoms with Crippen molar-refractivity contribution < 1.29 is 14.3 Å². The van der Waals surface area contributed by atoms with Crippen molar-refractivity contribution in [3.8, 4) is 5.75 Å². The molecule has 0 bridgehead atoms. The van der Waals surface area contributed by atoms with Gasteiger partial charge in [-0.05, 0) is 55.0 Å². The van der Waals surface area contributed by atoms with Crippen molar-refractivity contribution in [1.29, 1.82) is 0 Å². The second-order valence-corrected chi connectivity index (χ2v) is 10.3. The molecule has 0 aromatic heterocycles. The average molecular weight is 513 g/mol. The normalized spacial score (nSPS) is 14.5. The van der Waals surface area contributed by atoms with E-state index >= 15 is 0 Å². The number of aryl methyl sites for hydroxylation is 2. The Morgan fingerprint density at radius 2 is 1.61 bits per heavy atom. The van der Waals surface area contributed by atoms with E-state index in [1.807, 2.05) is 79.7 Å². The van der Waals surface area contributed by atoms with Crippen LogP contribution >= 0.6 is 0 Å². The fraction of sp³-hybridized carbons (Fsp3) is 0.394. The number of hydrogen-bond donors (Lipinski definition) is 1. The van der Waals surface area contributed by atoms with Crippen molar-refractivity contribution in [2.75, 3.05) is 6.61 Å². The van der Waals surface area contributed by atoms with Gasteiger partial charge in [-0.15, -0.1) is 0 Å². The highest BCUT2D eigenvalue weighted by molar-refractivity contribution is 5.88. The molecule has 1 atom stereocenters. The Labute approximate surface area is 227 Å². The third-order valence-corrected chi connectivity index (χ3v) is 7.35. The summed E-state index contributed by atoms with van der Waals surface area (Å²) in [5, 5.41) is 3.28. The van der Waals surface area contributed by atoms with E-state index < -0.39 is 6.04 Å². The maximum absolute atomic E-state index is 13.8. The highest BCUT2D eigenvalue weighted by Gasteiger charge is 2.32. The molecule has 0 aliphatic heterocycles. The van der Waals surface area contributed by atoms with Crippen LogP contribution in [0.4, 0.5) is 0 Å². The van der Waals surface area contributed by atoms with Gasteiger partial charge in [0.25, 0.3) is 5.91 Å². The maximum Gasteiger partial charge on any atom is 0.261 e. The summed E-state index contributed by atoms with van der Waals surface area (Å²) in [6.07, 6.45) is 6.85. The van der Waals surface area contributed by atoms with Crippen molar-refractivity contribution >= 4 is 11.8 Å². The number of benzene rings is 3. The van der Waals surface area contributed by atoms with Crippen LogP contribution < -0.4 is 10.1 Å². The van der Waals surface area contributed by atoms with Gasteiger partial charge < -0.3 is 15.0 Å². The zero-order chi connectivity index (χ0) is 26.7. The van der Waals surface area contributed by atoms with Crippen molar-refractivity contribution in [3.05, 3.63) is 101 Å². The quantitative estimate of drug-likeness (QED) is 0.342. The molecular formula is C33H40N2O3. The summed E-state index contributed by atoms with van der Waals surface area (Å²) in [5.74, 6) is 0.358. The maximum atomic E-state index is 13.8. The number of nitrogens with zero attached hydrogens (tertiary/aromatic N) is 1. The van der Waals surface area contributed by atoms with E-state index in [2.05, 4.69) is 18.3 Å². The van der Waals surface area contributed by atoms with Crippen LogP contribution in [0.5, 0.6) is 5.75 Å². The number of carbonyl (C=O) groups excluding carboxylic acids is 2. The highest BCUT2D eigenvalue weighted by Crippen LogP contribution is 2.20. The molecule has 0 spiro atoms. The first kappa shape index (κ1) is 27.4. The van der Waals surface area contributed by atoms with Gasteiger partial charge in [0.1, 0.15) is 11.8 Å². The lowest BCUT2D eigenvalue weighted by atomic mass is 9.94. The number of amides is 2. The van der Waals surface area contributed by atoms with E-state index in [9.17, 15) is 9.59 Å². The molecule has 0 heterocycles. The molecule has 5 nitrogen and oxygen atoms in total. The van der Waals surface area contributed by atoms with E-state index in [0.29, 0.717) is 18.7 Å². The zero-order valence-electron chi connectivity index (χ0n) is 22.7. The average Bonchev–Trinajstić information content (AvgIpc) is 2.95. The predicted octanol–water partition coefficient (Wildman–Crippen LogP) is 6.03. The Balaban J connectivity index is 1.59. The molecule has 1 N–H and O–H groups in total. The highest BCUT2D eigenvalue weighted by atomic mass is 16.5. The van der Waals surface area contributed by atoms with Crippen LogP contribution in [0.25, 0.3) is 0 Å². The first-order valence-electron chi connectivity index (χ1n) is 13.9. The molecule has 0 saturated heterocycles. The van der Waals surface area contributed by atoms with Crippen molar-refractivity contribution in [1.82, 2.24) is 10.2 Å². The molecule has 3 aromatic carbocycles. The molecule has 38 heavy (non-hydrogen) atoms.